The van der Waals surface area contributed by atoms with Gasteiger partial charge in [-0.3, -0.25) is 0 Å². The topological polar surface area (TPSA) is 49.5 Å². The second-order valence-electron chi connectivity index (χ2n) is 4.46. The molecule has 3 N–H and O–H groups in total. The molecule has 0 heterocycles. The fourth-order valence-electron chi connectivity index (χ4n) is 1.33. The Morgan fingerprint density at radius 3 is 2.44 bits per heavy atom. The molecule has 0 aromatic heterocycles. The van der Waals surface area contributed by atoms with Gasteiger partial charge in [-0.15, -0.1) is 0 Å². The Hall–Kier alpha value is -1.13. The van der Waals surface area contributed by atoms with Gasteiger partial charge < -0.3 is 15.7 Å². The summed E-state index contributed by atoms with van der Waals surface area (Å²) in [6.07, 6.45) is 0.678. The monoisotopic (exact) mass is 226 g/mol. The first-order chi connectivity index (χ1) is 7.44. The van der Waals surface area contributed by atoms with Crippen molar-refractivity contribution < 1.29 is 9.50 Å². The molecule has 0 radical (unpaired) electrons. The third kappa shape index (κ3) is 3.79. The molecule has 0 bridgehead atoms. The number of hydrogen-bond donors (Lipinski definition) is 2. The number of aliphatic hydroxyl groups is 1. The first kappa shape index (κ1) is 12.9. The molecule has 16 heavy (non-hydrogen) atoms. The minimum atomic E-state index is -0.561. The smallest absolute Gasteiger partial charge is 0.123 e. The molecule has 1 atom stereocenters. The number of nitrogens with two attached hydrogens (primary N) is 1. The van der Waals surface area contributed by atoms with Gasteiger partial charge in [-0.2, -0.15) is 0 Å². The van der Waals surface area contributed by atoms with Crippen molar-refractivity contribution in [2.24, 2.45) is 5.73 Å². The van der Waals surface area contributed by atoms with Gasteiger partial charge >= 0.3 is 0 Å². The molecular formula is C12H19FN2O. The number of rotatable bonds is 5. The molecule has 0 amide bonds. The van der Waals surface area contributed by atoms with Crippen LogP contribution in [-0.4, -0.2) is 30.8 Å². The summed E-state index contributed by atoms with van der Waals surface area (Å²) in [5.74, 6) is -0.240. The van der Waals surface area contributed by atoms with E-state index >= 15 is 0 Å². The minimum Gasteiger partial charge on any atom is -0.394 e. The highest BCUT2D eigenvalue weighted by Crippen LogP contribution is 2.15. The molecule has 0 fully saturated rings. The number of anilines is 1. The van der Waals surface area contributed by atoms with E-state index in [0.717, 1.165) is 12.2 Å². The normalized spacial score (nSPS) is 14.6. The lowest BCUT2D eigenvalue weighted by Crippen LogP contribution is -2.43. The maximum atomic E-state index is 12.7. The van der Waals surface area contributed by atoms with Crippen molar-refractivity contribution in [3.8, 4) is 0 Å². The van der Waals surface area contributed by atoms with E-state index in [1.807, 2.05) is 18.9 Å². The summed E-state index contributed by atoms with van der Waals surface area (Å²) < 4.78 is 12.7. The Kier molecular flexibility index (Phi) is 4.26. The predicted molar refractivity (Wildman–Crippen MR) is 64.0 cm³/mol. The van der Waals surface area contributed by atoms with E-state index in [2.05, 4.69) is 0 Å². The van der Waals surface area contributed by atoms with E-state index < -0.39 is 5.54 Å². The lowest BCUT2D eigenvalue weighted by atomic mass is 10.0. The van der Waals surface area contributed by atoms with E-state index in [9.17, 15) is 4.39 Å². The fraction of sp³-hybridized carbons (Fsp3) is 0.500. The van der Waals surface area contributed by atoms with Crippen LogP contribution in [0, 0.1) is 5.82 Å². The van der Waals surface area contributed by atoms with Gasteiger partial charge in [0.05, 0.1) is 6.61 Å². The van der Waals surface area contributed by atoms with Crippen LogP contribution in [0.15, 0.2) is 24.3 Å². The largest absolute Gasteiger partial charge is 0.394 e. The summed E-state index contributed by atoms with van der Waals surface area (Å²) in [6.45, 7) is 2.49. The molecule has 1 aromatic rings. The fourth-order valence-corrected chi connectivity index (χ4v) is 1.33. The van der Waals surface area contributed by atoms with Crippen molar-refractivity contribution >= 4 is 5.69 Å². The van der Waals surface area contributed by atoms with E-state index in [-0.39, 0.29) is 12.4 Å². The highest BCUT2D eigenvalue weighted by Gasteiger charge is 2.17. The zero-order chi connectivity index (χ0) is 12.2. The standard InChI is InChI=1S/C12H19FN2O/c1-12(14,9-16)7-8-15(2)11-5-3-10(13)4-6-11/h3-6,16H,7-9,14H2,1-2H3. The third-order valence-corrected chi connectivity index (χ3v) is 2.65. The van der Waals surface area contributed by atoms with Gasteiger partial charge in [-0.1, -0.05) is 0 Å². The van der Waals surface area contributed by atoms with Crippen molar-refractivity contribution in [2.45, 2.75) is 18.9 Å². The Labute approximate surface area is 95.7 Å². The Morgan fingerprint density at radius 2 is 1.94 bits per heavy atom. The molecule has 0 aliphatic heterocycles. The maximum absolute atomic E-state index is 12.7. The summed E-state index contributed by atoms with van der Waals surface area (Å²) in [4.78, 5) is 1.99. The van der Waals surface area contributed by atoms with Crippen LogP contribution in [0.25, 0.3) is 0 Å². The van der Waals surface area contributed by atoms with Gasteiger partial charge in [0.1, 0.15) is 5.82 Å². The molecular weight excluding hydrogens is 207 g/mol. The molecule has 0 aliphatic carbocycles. The zero-order valence-corrected chi connectivity index (χ0v) is 9.78. The summed E-state index contributed by atoms with van der Waals surface area (Å²) in [6, 6.07) is 6.31. The van der Waals surface area contributed by atoms with Crippen LogP contribution in [0.2, 0.25) is 0 Å². The zero-order valence-electron chi connectivity index (χ0n) is 9.78. The van der Waals surface area contributed by atoms with Crippen LogP contribution in [0.1, 0.15) is 13.3 Å². The highest BCUT2D eigenvalue weighted by molar-refractivity contribution is 5.45. The Bertz CT molecular complexity index is 324. The van der Waals surface area contributed by atoms with Gasteiger partial charge in [0.25, 0.3) is 0 Å². The minimum absolute atomic E-state index is 0.0374. The number of halogens is 1. The SMILES string of the molecule is CN(CCC(C)(N)CO)c1ccc(F)cc1. The quantitative estimate of drug-likeness (QED) is 0.797. The highest BCUT2D eigenvalue weighted by atomic mass is 19.1. The van der Waals surface area contributed by atoms with Crippen LogP contribution >= 0.6 is 0 Å². The Morgan fingerprint density at radius 1 is 1.38 bits per heavy atom. The van der Waals surface area contributed by atoms with Gasteiger partial charge in [0.15, 0.2) is 0 Å². The second kappa shape index (κ2) is 5.27. The Balaban J connectivity index is 2.53. The van der Waals surface area contributed by atoms with Gasteiger partial charge in [0, 0.05) is 24.8 Å². The molecule has 0 spiro atoms. The van der Waals surface area contributed by atoms with Crippen LogP contribution in [0.3, 0.4) is 0 Å². The van der Waals surface area contributed by atoms with Crippen molar-refractivity contribution in [3.05, 3.63) is 30.1 Å². The first-order valence-electron chi connectivity index (χ1n) is 5.31. The lowest BCUT2D eigenvalue weighted by Gasteiger charge is -2.26. The lowest BCUT2D eigenvalue weighted by molar-refractivity contribution is 0.202. The van der Waals surface area contributed by atoms with Crippen LogP contribution < -0.4 is 10.6 Å². The summed E-state index contributed by atoms with van der Waals surface area (Å²) in [7, 11) is 1.92. The average Bonchev–Trinajstić information content (AvgIpc) is 2.27. The molecule has 4 heteroatoms. The van der Waals surface area contributed by atoms with E-state index in [1.165, 1.54) is 12.1 Å². The molecule has 0 saturated heterocycles. The summed E-state index contributed by atoms with van der Waals surface area (Å²) in [5.41, 5.74) is 6.21. The molecule has 1 rings (SSSR count). The van der Waals surface area contributed by atoms with Crippen LogP contribution in [-0.2, 0) is 0 Å². The first-order valence-corrected chi connectivity index (χ1v) is 5.31. The van der Waals surface area contributed by atoms with E-state index in [4.69, 9.17) is 10.8 Å². The number of benzene rings is 1. The molecule has 0 aliphatic rings. The molecule has 3 nitrogen and oxygen atoms in total. The van der Waals surface area contributed by atoms with Crippen molar-refractivity contribution in [2.75, 3.05) is 25.1 Å². The molecule has 0 saturated carbocycles. The van der Waals surface area contributed by atoms with E-state index in [0.29, 0.717) is 6.42 Å². The average molecular weight is 226 g/mol. The van der Waals surface area contributed by atoms with Gasteiger partial charge in [-0.25, -0.2) is 4.39 Å². The molecule has 1 aromatic carbocycles. The molecule has 1 unspecified atom stereocenters. The van der Waals surface area contributed by atoms with Crippen LogP contribution in [0.4, 0.5) is 10.1 Å². The number of aliphatic hydroxyl groups excluding tert-OH is 1. The number of hydrogen-bond acceptors (Lipinski definition) is 3. The van der Waals surface area contributed by atoms with Crippen LogP contribution in [0.5, 0.6) is 0 Å². The van der Waals surface area contributed by atoms with Crippen molar-refractivity contribution in [1.29, 1.82) is 0 Å². The summed E-state index contributed by atoms with van der Waals surface area (Å²) >= 11 is 0. The number of nitrogens with zero attached hydrogens (tertiary/aromatic N) is 1. The molecule has 90 valence electrons. The maximum Gasteiger partial charge on any atom is 0.123 e. The summed E-state index contributed by atoms with van der Waals surface area (Å²) in [5, 5.41) is 9.02. The van der Waals surface area contributed by atoms with Gasteiger partial charge in [-0.05, 0) is 37.6 Å². The van der Waals surface area contributed by atoms with Crippen molar-refractivity contribution in [1.82, 2.24) is 0 Å². The third-order valence-electron chi connectivity index (χ3n) is 2.65. The van der Waals surface area contributed by atoms with E-state index in [1.54, 1.807) is 12.1 Å². The second-order valence-corrected chi connectivity index (χ2v) is 4.46. The van der Waals surface area contributed by atoms with Gasteiger partial charge in [0.2, 0.25) is 0 Å². The predicted octanol–water partition coefficient (Wildman–Crippen LogP) is 1.36. The van der Waals surface area contributed by atoms with Crippen molar-refractivity contribution in [3.63, 3.8) is 0 Å².